The Labute approximate surface area is 246 Å². The fourth-order valence-electron chi connectivity index (χ4n) is 4.57. The Hall–Kier alpha value is -3.50. The van der Waals surface area contributed by atoms with Gasteiger partial charge in [0.2, 0.25) is 11.8 Å². The lowest BCUT2D eigenvalue weighted by molar-refractivity contribution is -0.0438. The molecule has 1 aliphatic rings. The first-order chi connectivity index (χ1) is 20.3. The highest BCUT2D eigenvalue weighted by molar-refractivity contribution is 7.51. The molecule has 5 atom stereocenters. The second-order valence-corrected chi connectivity index (χ2v) is 12.8. The Balaban J connectivity index is 1.59. The number of nitrogens with zero attached hydrogens (tertiary/aromatic N) is 7. The average molecular weight is 626 g/mol. The van der Waals surface area contributed by atoms with E-state index in [1.54, 1.807) is 6.92 Å². The molecule has 0 saturated carbocycles. The maximum atomic E-state index is 13.7. The number of nitrogens with one attached hydrogen (secondary N) is 1. The fourth-order valence-corrected chi connectivity index (χ4v) is 5.95. The van der Waals surface area contributed by atoms with Crippen LogP contribution < -0.4 is 21.4 Å². The zero-order chi connectivity index (χ0) is 31.6. The number of imidazole rings is 1. The second kappa shape index (κ2) is 12.6. The summed E-state index contributed by atoms with van der Waals surface area (Å²) < 4.78 is 48.4. The summed E-state index contributed by atoms with van der Waals surface area (Å²) in [4.78, 5) is 27.3. The van der Waals surface area contributed by atoms with E-state index in [-0.39, 0.29) is 41.1 Å². The number of anilines is 1. The van der Waals surface area contributed by atoms with Crippen molar-refractivity contribution in [3.63, 3.8) is 0 Å². The number of nitrogen functional groups attached to an aromatic ring is 1. The molecule has 1 fully saturated rings. The third kappa shape index (κ3) is 6.70. The highest BCUT2D eigenvalue weighted by Gasteiger charge is 2.55. The summed E-state index contributed by atoms with van der Waals surface area (Å²) in [7, 11) is -4.06. The van der Waals surface area contributed by atoms with Crippen LogP contribution in [0.2, 0.25) is 0 Å². The van der Waals surface area contributed by atoms with Crippen molar-refractivity contribution in [3.8, 4) is 5.88 Å². The normalized spacial score (nSPS) is 23.7. The number of aliphatic hydroxyl groups excluding tert-OH is 1. The van der Waals surface area contributed by atoms with Crippen molar-refractivity contribution in [2.45, 2.75) is 84.0 Å². The van der Waals surface area contributed by atoms with Crippen LogP contribution in [0.4, 0.5) is 5.95 Å². The van der Waals surface area contributed by atoms with E-state index in [9.17, 15) is 20.0 Å². The van der Waals surface area contributed by atoms with Gasteiger partial charge in [-0.05, 0) is 25.8 Å². The van der Waals surface area contributed by atoms with Crippen LogP contribution in [-0.2, 0) is 30.4 Å². The molecule has 19 heteroatoms. The quantitative estimate of drug-likeness (QED) is 0.107. The minimum absolute atomic E-state index is 0.0624. The molecule has 0 amide bonds. The van der Waals surface area contributed by atoms with Gasteiger partial charge in [0.15, 0.2) is 28.9 Å². The maximum Gasteiger partial charge on any atom is 0.519 e. The van der Waals surface area contributed by atoms with Crippen molar-refractivity contribution in [3.05, 3.63) is 38.9 Å². The Kier molecular flexibility index (Phi) is 9.51. The summed E-state index contributed by atoms with van der Waals surface area (Å²) >= 11 is 0. The first-order valence-corrected chi connectivity index (χ1v) is 15.1. The number of aliphatic hydroxyl groups is 1. The van der Waals surface area contributed by atoms with Gasteiger partial charge in [-0.1, -0.05) is 32.8 Å². The highest BCUT2D eigenvalue weighted by atomic mass is 31.2. The monoisotopic (exact) mass is 625 g/mol. The van der Waals surface area contributed by atoms with Gasteiger partial charge in [-0.3, -0.25) is 13.6 Å². The lowest BCUT2D eigenvalue weighted by Gasteiger charge is -2.28. The molecule has 4 N–H and O–H groups in total. The van der Waals surface area contributed by atoms with Crippen LogP contribution in [0.15, 0.2) is 25.1 Å². The largest absolute Gasteiger partial charge is 0.519 e. The first-order valence-electron chi connectivity index (χ1n) is 13.6. The van der Waals surface area contributed by atoms with Crippen molar-refractivity contribution in [2.75, 3.05) is 25.5 Å². The highest BCUT2D eigenvalue weighted by Crippen LogP contribution is 2.48. The van der Waals surface area contributed by atoms with Gasteiger partial charge in [0.05, 0.1) is 25.6 Å². The third-order valence-corrected chi connectivity index (χ3v) is 8.18. The molecule has 1 unspecified atom stereocenters. The van der Waals surface area contributed by atoms with Crippen molar-refractivity contribution in [2.24, 2.45) is 5.11 Å². The lowest BCUT2D eigenvalue weighted by Crippen LogP contribution is -2.42. The fraction of sp³-hybridized carbons (Fsp3) is 0.667. The summed E-state index contributed by atoms with van der Waals surface area (Å²) in [5.41, 5.74) is 13.5. The molecule has 4 heterocycles. The van der Waals surface area contributed by atoms with Crippen LogP contribution in [0, 0.1) is 0 Å². The molecule has 18 nitrogen and oxygen atoms in total. The smallest absolute Gasteiger partial charge is 0.476 e. The van der Waals surface area contributed by atoms with Crippen LogP contribution in [0.5, 0.6) is 5.88 Å². The summed E-state index contributed by atoms with van der Waals surface area (Å²) in [5.74, 6) is -0.557. The summed E-state index contributed by atoms with van der Waals surface area (Å²) in [6, 6.07) is 0. The second-order valence-electron chi connectivity index (χ2n) is 11.0. The molecule has 4 rings (SSSR count). The van der Waals surface area contributed by atoms with Crippen molar-refractivity contribution >= 4 is 24.9 Å². The first kappa shape index (κ1) is 32.4. The van der Waals surface area contributed by atoms with Crippen molar-refractivity contribution in [1.29, 1.82) is 0 Å². The number of azide groups is 1. The summed E-state index contributed by atoms with van der Waals surface area (Å²) in [5, 5.41) is 17.9. The van der Waals surface area contributed by atoms with Gasteiger partial charge < -0.3 is 29.1 Å². The van der Waals surface area contributed by atoms with Crippen molar-refractivity contribution in [1.82, 2.24) is 24.6 Å². The van der Waals surface area contributed by atoms with Crippen LogP contribution in [-0.4, -0.2) is 62.1 Å². The standard InChI is InChI=1S/C24H36N9O9P/c1-7-9-28-43(36,39-11-14-17(23(3,4)5)42-22(35)41-14)38-10-13-16(34)24(6,31-32-26)20(40-13)33-12-27-15-18(33)29-21(25)30-19(15)37-8-2/h12-13,16,20,34H,7-11H2,1-6H3,(H,28,36)(H2,25,29,30)/t13-,16-,20-,24-,43?/m1/s1. The van der Waals surface area contributed by atoms with Gasteiger partial charge in [0, 0.05) is 16.9 Å². The number of hydrogen-bond donors (Lipinski definition) is 3. The van der Waals surface area contributed by atoms with E-state index in [1.165, 1.54) is 17.8 Å². The van der Waals surface area contributed by atoms with E-state index in [2.05, 4.69) is 30.1 Å². The zero-order valence-electron chi connectivity index (χ0n) is 24.7. The molecule has 0 spiro atoms. The molecule has 1 saturated heterocycles. The van der Waals surface area contributed by atoms with E-state index in [4.69, 9.17) is 33.1 Å². The van der Waals surface area contributed by atoms with E-state index in [0.717, 1.165) is 0 Å². The van der Waals surface area contributed by atoms with Crippen LogP contribution in [0.1, 0.15) is 65.7 Å². The zero-order valence-corrected chi connectivity index (χ0v) is 25.6. The Morgan fingerprint density at radius 1 is 1.30 bits per heavy atom. The number of aromatic nitrogens is 4. The maximum absolute atomic E-state index is 13.7. The number of rotatable bonds is 13. The molecule has 1 aliphatic heterocycles. The molecule has 236 valence electrons. The predicted octanol–water partition coefficient (Wildman–Crippen LogP) is 3.32. The Bertz CT molecular complexity index is 1590. The molecule has 3 aromatic rings. The van der Waals surface area contributed by atoms with Gasteiger partial charge in [0.25, 0.3) is 0 Å². The number of fused-ring (bicyclic) bond motifs is 1. The molecule has 0 radical (unpaired) electrons. The molecule has 0 aromatic carbocycles. The SMILES string of the molecule is CCCNP(=O)(OCc1oc(=O)oc1C(C)(C)C)OC[C@H]1O[C@@H](n2cnc3c(OCC)nc(N)nc32)[C@](C)(N=[N+]=[N-])[C@@H]1O. The predicted molar refractivity (Wildman–Crippen MR) is 151 cm³/mol. The average Bonchev–Trinajstić information content (AvgIpc) is 3.60. The van der Waals surface area contributed by atoms with Gasteiger partial charge in [-0.15, -0.1) is 0 Å². The summed E-state index contributed by atoms with van der Waals surface area (Å²) in [6.45, 7) is 10.3. The van der Waals surface area contributed by atoms with Crippen LogP contribution >= 0.6 is 7.75 Å². The Morgan fingerprint density at radius 3 is 2.70 bits per heavy atom. The van der Waals surface area contributed by atoms with Gasteiger partial charge in [-0.2, -0.15) is 9.97 Å². The molecule has 0 aliphatic carbocycles. The van der Waals surface area contributed by atoms with Gasteiger partial charge in [0.1, 0.15) is 18.2 Å². The number of ether oxygens (including phenoxy) is 2. The van der Waals surface area contributed by atoms with E-state index in [1.807, 2.05) is 27.7 Å². The molecular weight excluding hydrogens is 589 g/mol. The third-order valence-electron chi connectivity index (χ3n) is 6.61. The molecular formula is C24H36N9O9P. The van der Waals surface area contributed by atoms with E-state index in [0.29, 0.717) is 13.0 Å². The Morgan fingerprint density at radius 2 is 2.05 bits per heavy atom. The topological polar surface area (TPSA) is 248 Å². The lowest BCUT2D eigenvalue weighted by atomic mass is 9.92. The van der Waals surface area contributed by atoms with E-state index >= 15 is 0 Å². The minimum atomic E-state index is -4.06. The van der Waals surface area contributed by atoms with Gasteiger partial charge >= 0.3 is 13.6 Å². The molecule has 3 aromatic heterocycles. The minimum Gasteiger partial charge on any atom is -0.476 e. The molecule has 0 bridgehead atoms. The van der Waals surface area contributed by atoms with Gasteiger partial charge in [-0.25, -0.2) is 19.4 Å². The van der Waals surface area contributed by atoms with Crippen molar-refractivity contribution < 1.29 is 37.0 Å². The van der Waals surface area contributed by atoms with Crippen LogP contribution in [0.25, 0.3) is 21.6 Å². The number of nitrogens with two attached hydrogens (primary N) is 1. The molecule has 43 heavy (non-hydrogen) atoms. The van der Waals surface area contributed by atoms with Crippen LogP contribution in [0.3, 0.4) is 0 Å². The number of hydrogen-bond acceptors (Lipinski definition) is 14. The van der Waals surface area contributed by atoms with E-state index < -0.39 is 56.2 Å². The summed E-state index contributed by atoms with van der Waals surface area (Å²) in [6.07, 6.45) is -1.77.